The minimum Gasteiger partial charge on any atom is -0.351 e. The van der Waals surface area contributed by atoms with E-state index >= 15 is 0 Å². The van der Waals surface area contributed by atoms with Crippen LogP contribution in [0.1, 0.15) is 27.7 Å². The van der Waals surface area contributed by atoms with Crippen LogP contribution in [0, 0.1) is 6.92 Å². The molecule has 1 aliphatic heterocycles. The molecule has 22 heavy (non-hydrogen) atoms. The van der Waals surface area contributed by atoms with Crippen molar-refractivity contribution in [1.82, 2.24) is 10.2 Å². The summed E-state index contributed by atoms with van der Waals surface area (Å²) < 4.78 is 0. The van der Waals surface area contributed by atoms with Crippen molar-refractivity contribution in [3.8, 4) is 0 Å². The minimum atomic E-state index is 0.615. The molecule has 1 N–H and O–H groups in total. The lowest BCUT2D eigenvalue weighted by atomic mass is 9.99. The third-order valence-electron chi connectivity index (χ3n) is 4.19. The highest BCUT2D eigenvalue weighted by molar-refractivity contribution is 7.11. The molecular weight excluding hydrogens is 290 g/mol. The Kier molecular flexibility index (Phi) is 4.78. The number of benzene rings is 1. The van der Waals surface area contributed by atoms with Gasteiger partial charge >= 0.3 is 0 Å². The van der Waals surface area contributed by atoms with Gasteiger partial charge in [-0.1, -0.05) is 30.3 Å². The molecule has 3 rings (SSSR count). The van der Waals surface area contributed by atoms with Crippen molar-refractivity contribution >= 4 is 17.3 Å². The zero-order valence-corrected chi connectivity index (χ0v) is 14.1. The van der Waals surface area contributed by atoms with E-state index in [1.54, 1.807) is 0 Å². The van der Waals surface area contributed by atoms with Crippen molar-refractivity contribution in [2.75, 3.05) is 20.1 Å². The van der Waals surface area contributed by atoms with E-state index in [2.05, 4.69) is 64.6 Å². The molecule has 1 fully saturated rings. The molecular formula is C18H23N3S. The van der Waals surface area contributed by atoms with E-state index < -0.39 is 0 Å². The van der Waals surface area contributed by atoms with Crippen LogP contribution < -0.4 is 5.32 Å². The predicted octanol–water partition coefficient (Wildman–Crippen LogP) is 3.62. The number of nitrogens with zero attached hydrogens (tertiary/aromatic N) is 2. The number of thiophene rings is 1. The number of rotatable bonds is 3. The fraction of sp³-hybridized carbons (Fsp3) is 0.389. The monoisotopic (exact) mass is 313 g/mol. The maximum atomic E-state index is 4.46. The van der Waals surface area contributed by atoms with Crippen LogP contribution in [-0.4, -0.2) is 31.0 Å². The lowest BCUT2D eigenvalue weighted by Gasteiger charge is -2.21. The molecule has 1 aromatic carbocycles. The Labute approximate surface area is 136 Å². The molecule has 0 spiro atoms. The van der Waals surface area contributed by atoms with Crippen molar-refractivity contribution < 1.29 is 0 Å². The first-order chi connectivity index (χ1) is 10.8. The van der Waals surface area contributed by atoms with Gasteiger partial charge < -0.3 is 10.2 Å². The van der Waals surface area contributed by atoms with Gasteiger partial charge in [-0.3, -0.25) is 4.99 Å². The number of aliphatic imine (C=N–C) groups is 1. The summed E-state index contributed by atoms with van der Waals surface area (Å²) in [5.74, 6) is 1.63. The van der Waals surface area contributed by atoms with E-state index in [9.17, 15) is 0 Å². The average Bonchev–Trinajstić information content (AvgIpc) is 3.18. The number of hydrogen-bond acceptors (Lipinski definition) is 2. The first kappa shape index (κ1) is 15.1. The average molecular weight is 313 g/mol. The second kappa shape index (κ2) is 6.97. The van der Waals surface area contributed by atoms with E-state index in [4.69, 9.17) is 0 Å². The van der Waals surface area contributed by atoms with E-state index in [0.717, 1.165) is 25.6 Å². The summed E-state index contributed by atoms with van der Waals surface area (Å²) >= 11 is 1.84. The summed E-state index contributed by atoms with van der Waals surface area (Å²) in [6.07, 6.45) is 1.20. The molecule has 116 valence electrons. The van der Waals surface area contributed by atoms with Crippen LogP contribution in [0.15, 0.2) is 47.5 Å². The molecule has 2 aromatic rings. The van der Waals surface area contributed by atoms with Crippen LogP contribution in [0.2, 0.25) is 0 Å². The second-order valence-electron chi connectivity index (χ2n) is 5.76. The lowest BCUT2D eigenvalue weighted by molar-refractivity contribution is 0.486. The summed E-state index contributed by atoms with van der Waals surface area (Å²) in [6.45, 7) is 5.13. The lowest BCUT2D eigenvalue weighted by Crippen LogP contribution is -2.39. The third kappa shape index (κ3) is 3.50. The zero-order chi connectivity index (χ0) is 15.4. The highest BCUT2D eigenvalue weighted by Gasteiger charge is 2.25. The number of likely N-dealkylation sites (tertiary alicyclic amines) is 1. The highest BCUT2D eigenvalue weighted by Crippen LogP contribution is 2.27. The number of aryl methyl sites for hydroxylation is 1. The fourth-order valence-electron chi connectivity index (χ4n) is 3.03. The topological polar surface area (TPSA) is 27.6 Å². The first-order valence-electron chi connectivity index (χ1n) is 7.82. The maximum absolute atomic E-state index is 4.46. The molecule has 0 radical (unpaired) electrons. The zero-order valence-electron chi connectivity index (χ0n) is 13.2. The van der Waals surface area contributed by atoms with Gasteiger partial charge in [0, 0.05) is 35.8 Å². The Morgan fingerprint density at radius 2 is 2.09 bits per heavy atom. The summed E-state index contributed by atoms with van der Waals surface area (Å²) in [6, 6.07) is 15.2. The Morgan fingerprint density at radius 1 is 1.27 bits per heavy atom. The molecule has 1 atom stereocenters. The smallest absolute Gasteiger partial charge is 0.193 e. The van der Waals surface area contributed by atoms with E-state index in [1.807, 2.05) is 18.4 Å². The van der Waals surface area contributed by atoms with Crippen molar-refractivity contribution in [2.45, 2.75) is 25.8 Å². The quantitative estimate of drug-likeness (QED) is 0.692. The molecule has 1 unspecified atom stereocenters. The molecule has 0 bridgehead atoms. The molecule has 0 saturated carbocycles. The molecule has 1 aromatic heterocycles. The Balaban J connectivity index is 1.58. The van der Waals surface area contributed by atoms with Crippen LogP contribution >= 0.6 is 11.3 Å². The van der Waals surface area contributed by atoms with Gasteiger partial charge in [-0.15, -0.1) is 11.3 Å². The molecule has 2 heterocycles. The molecule has 1 saturated heterocycles. The standard InChI is InChI=1S/C18H23N3S/c1-14-8-9-17(22-14)12-20-18(19-2)21-11-10-16(13-21)15-6-4-3-5-7-15/h3-9,16H,10-13H2,1-2H3,(H,19,20). The van der Waals surface area contributed by atoms with Gasteiger partial charge in [0.2, 0.25) is 0 Å². The van der Waals surface area contributed by atoms with Crippen LogP contribution in [0.25, 0.3) is 0 Å². The Hall–Kier alpha value is -1.81. The summed E-state index contributed by atoms with van der Waals surface area (Å²) in [7, 11) is 1.87. The van der Waals surface area contributed by atoms with Crippen LogP contribution in [-0.2, 0) is 6.54 Å². The number of hydrogen-bond donors (Lipinski definition) is 1. The van der Waals surface area contributed by atoms with Crippen LogP contribution in [0.4, 0.5) is 0 Å². The van der Waals surface area contributed by atoms with Crippen LogP contribution in [0.5, 0.6) is 0 Å². The molecule has 1 aliphatic rings. The fourth-order valence-corrected chi connectivity index (χ4v) is 3.86. The van der Waals surface area contributed by atoms with E-state index in [-0.39, 0.29) is 0 Å². The summed E-state index contributed by atoms with van der Waals surface area (Å²) in [5, 5.41) is 3.50. The van der Waals surface area contributed by atoms with Gasteiger partial charge in [0.1, 0.15) is 0 Å². The number of nitrogens with one attached hydrogen (secondary N) is 1. The van der Waals surface area contributed by atoms with Gasteiger partial charge in [-0.05, 0) is 31.0 Å². The predicted molar refractivity (Wildman–Crippen MR) is 94.6 cm³/mol. The van der Waals surface area contributed by atoms with Gasteiger partial charge in [0.15, 0.2) is 5.96 Å². The van der Waals surface area contributed by atoms with E-state index in [1.165, 1.54) is 21.7 Å². The Morgan fingerprint density at radius 3 is 2.77 bits per heavy atom. The maximum Gasteiger partial charge on any atom is 0.193 e. The number of guanidine groups is 1. The molecule has 0 amide bonds. The van der Waals surface area contributed by atoms with Gasteiger partial charge in [0.05, 0.1) is 6.54 Å². The summed E-state index contributed by atoms with van der Waals surface area (Å²) in [4.78, 5) is 9.55. The van der Waals surface area contributed by atoms with Crippen molar-refractivity contribution in [3.05, 3.63) is 57.8 Å². The van der Waals surface area contributed by atoms with Gasteiger partial charge in [-0.2, -0.15) is 0 Å². The normalized spacial score (nSPS) is 18.7. The van der Waals surface area contributed by atoms with Crippen molar-refractivity contribution in [3.63, 3.8) is 0 Å². The van der Waals surface area contributed by atoms with Crippen molar-refractivity contribution in [2.24, 2.45) is 4.99 Å². The SMILES string of the molecule is CN=C(NCc1ccc(C)s1)N1CCC(c2ccccc2)C1. The van der Waals surface area contributed by atoms with Crippen LogP contribution in [0.3, 0.4) is 0 Å². The highest BCUT2D eigenvalue weighted by atomic mass is 32.1. The molecule has 3 nitrogen and oxygen atoms in total. The first-order valence-corrected chi connectivity index (χ1v) is 8.64. The summed E-state index contributed by atoms with van der Waals surface area (Å²) in [5.41, 5.74) is 1.44. The molecule has 0 aliphatic carbocycles. The van der Waals surface area contributed by atoms with Gasteiger partial charge in [-0.25, -0.2) is 0 Å². The largest absolute Gasteiger partial charge is 0.351 e. The van der Waals surface area contributed by atoms with E-state index in [0.29, 0.717) is 5.92 Å². The Bertz CT molecular complexity index is 633. The minimum absolute atomic E-state index is 0.615. The second-order valence-corrected chi connectivity index (χ2v) is 7.13. The third-order valence-corrected chi connectivity index (χ3v) is 5.19. The van der Waals surface area contributed by atoms with Gasteiger partial charge in [0.25, 0.3) is 0 Å². The molecule has 4 heteroatoms. The van der Waals surface area contributed by atoms with Crippen molar-refractivity contribution in [1.29, 1.82) is 0 Å².